The van der Waals surface area contributed by atoms with Crippen molar-refractivity contribution >= 4 is 22.4 Å². The molecule has 1 heterocycles. The van der Waals surface area contributed by atoms with E-state index in [1.54, 1.807) is 19.4 Å². The van der Waals surface area contributed by atoms with Gasteiger partial charge in [-0.05, 0) is 61.2 Å². The number of rotatable bonds is 8. The van der Waals surface area contributed by atoms with Gasteiger partial charge in [0.2, 0.25) is 5.91 Å². The molecule has 0 saturated heterocycles. The van der Waals surface area contributed by atoms with Crippen LogP contribution in [0.3, 0.4) is 0 Å². The van der Waals surface area contributed by atoms with E-state index in [1.807, 2.05) is 81.4 Å². The fourth-order valence-corrected chi connectivity index (χ4v) is 3.95. The van der Waals surface area contributed by atoms with Gasteiger partial charge in [0.25, 0.3) is 0 Å². The number of fused-ring (bicyclic) bond motifs is 1. The lowest BCUT2D eigenvalue weighted by atomic mass is 9.98. The highest BCUT2D eigenvalue weighted by Crippen LogP contribution is 2.37. The van der Waals surface area contributed by atoms with Crippen LogP contribution in [0.1, 0.15) is 34.7 Å². The van der Waals surface area contributed by atoms with Gasteiger partial charge in [0.1, 0.15) is 23.7 Å². The quantitative estimate of drug-likeness (QED) is 0.314. The summed E-state index contributed by atoms with van der Waals surface area (Å²) in [7, 11) is 1.63. The number of carbonyl (C=O) groups excluding carboxylic acids is 1. The SMILES string of the molecule is COc1c(/C(C)=C/C(=O)NCc2ccc(OCc3ccccc3)cc2)cc2c(C)coc2c1C. The van der Waals surface area contributed by atoms with Gasteiger partial charge in [0, 0.05) is 29.1 Å². The highest BCUT2D eigenvalue weighted by Gasteiger charge is 2.16. The zero-order valence-corrected chi connectivity index (χ0v) is 20.0. The second-order valence-corrected chi connectivity index (χ2v) is 8.34. The summed E-state index contributed by atoms with van der Waals surface area (Å²) in [6.07, 6.45) is 3.35. The third-order valence-electron chi connectivity index (χ3n) is 5.85. The van der Waals surface area contributed by atoms with Crippen molar-refractivity contribution < 1.29 is 18.7 Å². The molecule has 5 nitrogen and oxygen atoms in total. The standard InChI is InChI=1S/C29H29NO4/c1-19(25-15-26-20(2)17-34-29(26)21(3)28(25)32-4)14-27(31)30-16-22-10-12-24(13-11-22)33-18-23-8-6-5-7-9-23/h5-15,17H,16,18H2,1-4H3,(H,30,31)/b19-14+. The lowest BCUT2D eigenvalue weighted by Gasteiger charge is -2.13. The number of aryl methyl sites for hydroxylation is 2. The maximum absolute atomic E-state index is 12.6. The van der Waals surface area contributed by atoms with Crippen LogP contribution in [0.15, 0.2) is 77.4 Å². The number of amides is 1. The summed E-state index contributed by atoms with van der Waals surface area (Å²) in [4.78, 5) is 12.6. The smallest absolute Gasteiger partial charge is 0.244 e. The number of benzene rings is 3. The van der Waals surface area contributed by atoms with E-state index in [0.29, 0.717) is 13.2 Å². The summed E-state index contributed by atoms with van der Waals surface area (Å²) in [5, 5.41) is 3.98. The van der Waals surface area contributed by atoms with Gasteiger partial charge in [0.05, 0.1) is 13.4 Å². The van der Waals surface area contributed by atoms with Crippen LogP contribution in [0.5, 0.6) is 11.5 Å². The molecule has 0 aliphatic heterocycles. The molecule has 0 atom stereocenters. The van der Waals surface area contributed by atoms with Crippen LogP contribution in [-0.4, -0.2) is 13.0 Å². The number of nitrogens with one attached hydrogen (secondary N) is 1. The minimum atomic E-state index is -0.161. The monoisotopic (exact) mass is 455 g/mol. The Hall–Kier alpha value is -3.99. The molecule has 1 aromatic heterocycles. The number of carbonyl (C=O) groups is 1. The first-order chi connectivity index (χ1) is 16.5. The lowest BCUT2D eigenvalue weighted by molar-refractivity contribution is -0.116. The fraction of sp³-hybridized carbons (Fsp3) is 0.207. The van der Waals surface area contributed by atoms with Crippen LogP contribution in [0.25, 0.3) is 16.5 Å². The van der Waals surface area contributed by atoms with Crippen LogP contribution in [0, 0.1) is 13.8 Å². The molecular formula is C29H29NO4. The summed E-state index contributed by atoms with van der Waals surface area (Å²) in [6.45, 7) is 6.84. The van der Waals surface area contributed by atoms with E-state index in [9.17, 15) is 4.79 Å². The normalized spacial score (nSPS) is 11.5. The van der Waals surface area contributed by atoms with Gasteiger partial charge in [-0.2, -0.15) is 0 Å². The third kappa shape index (κ3) is 5.15. The number of allylic oxidation sites excluding steroid dienone is 1. The Morgan fingerprint density at radius 1 is 1.03 bits per heavy atom. The highest BCUT2D eigenvalue weighted by atomic mass is 16.5. The van der Waals surface area contributed by atoms with E-state index in [-0.39, 0.29) is 5.91 Å². The maximum atomic E-state index is 12.6. The Kier molecular flexibility index (Phi) is 7.02. The van der Waals surface area contributed by atoms with Crippen molar-refractivity contribution in [2.45, 2.75) is 33.9 Å². The van der Waals surface area contributed by atoms with Crippen LogP contribution < -0.4 is 14.8 Å². The van der Waals surface area contributed by atoms with E-state index >= 15 is 0 Å². The molecule has 1 N–H and O–H groups in total. The predicted molar refractivity (Wildman–Crippen MR) is 135 cm³/mol. The second-order valence-electron chi connectivity index (χ2n) is 8.34. The van der Waals surface area contributed by atoms with Crippen molar-refractivity contribution in [2.24, 2.45) is 0 Å². The molecule has 4 rings (SSSR count). The highest BCUT2D eigenvalue weighted by molar-refractivity contribution is 5.98. The molecule has 34 heavy (non-hydrogen) atoms. The number of hydrogen-bond acceptors (Lipinski definition) is 4. The molecule has 1 amide bonds. The van der Waals surface area contributed by atoms with Gasteiger partial charge in [-0.1, -0.05) is 42.5 Å². The molecule has 174 valence electrons. The average Bonchev–Trinajstić information content (AvgIpc) is 3.23. The molecule has 0 saturated carbocycles. The maximum Gasteiger partial charge on any atom is 0.244 e. The van der Waals surface area contributed by atoms with Gasteiger partial charge < -0.3 is 19.2 Å². The fourth-order valence-electron chi connectivity index (χ4n) is 3.95. The number of ether oxygens (including phenoxy) is 2. The van der Waals surface area contributed by atoms with Crippen molar-refractivity contribution in [1.82, 2.24) is 5.32 Å². The first-order valence-electron chi connectivity index (χ1n) is 11.2. The van der Waals surface area contributed by atoms with Crippen molar-refractivity contribution in [3.05, 3.63) is 101 Å². The van der Waals surface area contributed by atoms with E-state index in [2.05, 4.69) is 5.32 Å². The summed E-state index contributed by atoms with van der Waals surface area (Å²) in [6, 6.07) is 19.8. The number of furan rings is 1. The molecule has 3 aromatic carbocycles. The number of hydrogen-bond donors (Lipinski definition) is 1. The van der Waals surface area contributed by atoms with Crippen molar-refractivity contribution in [3.63, 3.8) is 0 Å². The summed E-state index contributed by atoms with van der Waals surface area (Å²) in [5.74, 6) is 1.35. The topological polar surface area (TPSA) is 60.7 Å². The lowest BCUT2D eigenvalue weighted by Crippen LogP contribution is -2.20. The van der Waals surface area contributed by atoms with Gasteiger partial charge in [0.15, 0.2) is 0 Å². The Morgan fingerprint density at radius 3 is 2.47 bits per heavy atom. The molecule has 0 spiro atoms. The molecule has 5 heteroatoms. The number of methoxy groups -OCH3 is 1. The van der Waals surface area contributed by atoms with E-state index < -0.39 is 0 Å². The Morgan fingerprint density at radius 2 is 1.76 bits per heavy atom. The van der Waals surface area contributed by atoms with Crippen molar-refractivity contribution in [1.29, 1.82) is 0 Å². The summed E-state index contributed by atoms with van der Waals surface area (Å²) >= 11 is 0. The van der Waals surface area contributed by atoms with Gasteiger partial charge in [-0.25, -0.2) is 0 Å². The zero-order chi connectivity index (χ0) is 24.1. The largest absolute Gasteiger partial charge is 0.496 e. The van der Waals surface area contributed by atoms with Crippen LogP contribution >= 0.6 is 0 Å². The minimum Gasteiger partial charge on any atom is -0.496 e. The van der Waals surface area contributed by atoms with E-state index in [0.717, 1.165) is 55.9 Å². The Bertz CT molecular complexity index is 1320. The second kappa shape index (κ2) is 10.3. The molecule has 0 unspecified atom stereocenters. The molecular weight excluding hydrogens is 426 g/mol. The van der Waals surface area contributed by atoms with Gasteiger partial charge in [-0.15, -0.1) is 0 Å². The van der Waals surface area contributed by atoms with E-state index in [1.165, 1.54) is 0 Å². The molecule has 0 fully saturated rings. The Labute approximate surface area is 200 Å². The van der Waals surface area contributed by atoms with Crippen molar-refractivity contribution in [2.75, 3.05) is 7.11 Å². The van der Waals surface area contributed by atoms with Crippen LogP contribution in [-0.2, 0) is 17.9 Å². The molecule has 0 bridgehead atoms. The molecule has 0 aliphatic carbocycles. The first kappa shape index (κ1) is 23.2. The van der Waals surface area contributed by atoms with Gasteiger partial charge >= 0.3 is 0 Å². The van der Waals surface area contributed by atoms with Crippen LogP contribution in [0.2, 0.25) is 0 Å². The first-order valence-corrected chi connectivity index (χ1v) is 11.2. The van der Waals surface area contributed by atoms with E-state index in [4.69, 9.17) is 13.9 Å². The van der Waals surface area contributed by atoms with Crippen LogP contribution in [0.4, 0.5) is 0 Å². The molecule has 4 aromatic rings. The zero-order valence-electron chi connectivity index (χ0n) is 20.0. The summed E-state index contributed by atoms with van der Waals surface area (Å²) < 4.78 is 17.1. The third-order valence-corrected chi connectivity index (χ3v) is 5.85. The van der Waals surface area contributed by atoms with Gasteiger partial charge in [-0.3, -0.25) is 4.79 Å². The average molecular weight is 456 g/mol. The predicted octanol–water partition coefficient (Wildman–Crippen LogP) is 6.36. The minimum absolute atomic E-state index is 0.161. The molecule has 0 aliphatic rings. The summed E-state index contributed by atoms with van der Waals surface area (Å²) in [5.41, 5.74) is 6.61. The Balaban J connectivity index is 1.39. The molecule has 0 radical (unpaired) electrons. The van der Waals surface area contributed by atoms with Crippen molar-refractivity contribution in [3.8, 4) is 11.5 Å².